The van der Waals surface area contributed by atoms with Gasteiger partial charge in [-0.25, -0.2) is 0 Å². The molecule has 1 amide bonds. The van der Waals surface area contributed by atoms with Gasteiger partial charge in [0.05, 0.1) is 24.0 Å². The first-order valence-electron chi connectivity index (χ1n) is 5.66. The molecule has 6 heteroatoms. The largest absolute Gasteiger partial charge is 0.323 e. The molecule has 0 saturated heterocycles. The van der Waals surface area contributed by atoms with Crippen molar-refractivity contribution >= 4 is 11.6 Å². The van der Waals surface area contributed by atoms with Gasteiger partial charge in [-0.1, -0.05) is 0 Å². The Kier molecular flexibility index (Phi) is 2.40. The fourth-order valence-electron chi connectivity index (χ4n) is 2.28. The third-order valence-electron chi connectivity index (χ3n) is 3.13. The fourth-order valence-corrected chi connectivity index (χ4v) is 2.28. The molecule has 2 aromatic heterocycles. The zero-order valence-electron chi connectivity index (χ0n) is 9.23. The van der Waals surface area contributed by atoms with Gasteiger partial charge >= 0.3 is 0 Å². The molecule has 6 nitrogen and oxygen atoms in total. The molecular formula is C11H13N5O. The Bertz CT molecular complexity index is 516. The van der Waals surface area contributed by atoms with Crippen LogP contribution >= 0.6 is 0 Å². The monoisotopic (exact) mass is 231 g/mol. The zero-order valence-corrected chi connectivity index (χ0v) is 9.23. The summed E-state index contributed by atoms with van der Waals surface area (Å²) in [4.78, 5) is 12.1. The summed E-state index contributed by atoms with van der Waals surface area (Å²) in [5.74, 6) is -0.0962. The van der Waals surface area contributed by atoms with Crippen LogP contribution in [0, 0.1) is 0 Å². The molecule has 0 saturated carbocycles. The van der Waals surface area contributed by atoms with Crippen LogP contribution in [0.4, 0.5) is 5.69 Å². The summed E-state index contributed by atoms with van der Waals surface area (Å²) in [6.07, 6.45) is 7.88. The van der Waals surface area contributed by atoms with Crippen molar-refractivity contribution in [2.45, 2.75) is 25.2 Å². The van der Waals surface area contributed by atoms with Crippen LogP contribution in [0.25, 0.3) is 0 Å². The minimum absolute atomic E-state index is 0.00810. The molecule has 0 bridgehead atoms. The summed E-state index contributed by atoms with van der Waals surface area (Å²) in [7, 11) is 0. The normalized spacial score (nSPS) is 18.7. The minimum Gasteiger partial charge on any atom is -0.323 e. The number of carbonyl (C=O) groups is 1. The summed E-state index contributed by atoms with van der Waals surface area (Å²) >= 11 is 0. The molecule has 1 aliphatic carbocycles. The van der Waals surface area contributed by atoms with E-state index >= 15 is 0 Å². The minimum atomic E-state index is -0.104. The maximum atomic E-state index is 12.1. The molecule has 3 rings (SSSR count). The highest BCUT2D eigenvalue weighted by molar-refractivity contribution is 5.95. The van der Waals surface area contributed by atoms with Crippen molar-refractivity contribution in [3.63, 3.8) is 0 Å². The molecule has 1 unspecified atom stereocenters. The number of nitrogens with zero attached hydrogens (tertiary/aromatic N) is 2. The van der Waals surface area contributed by atoms with E-state index in [1.165, 1.54) is 0 Å². The SMILES string of the molecule is O=C(Nc1cn[nH]c1)C1CCCc2[nH]ncc21. The van der Waals surface area contributed by atoms with Crippen LogP contribution in [0.5, 0.6) is 0 Å². The first kappa shape index (κ1) is 10.1. The number of H-pyrrole nitrogens is 2. The molecule has 17 heavy (non-hydrogen) atoms. The molecule has 1 atom stereocenters. The van der Waals surface area contributed by atoms with E-state index in [4.69, 9.17) is 0 Å². The molecule has 2 aromatic rings. The Morgan fingerprint density at radius 2 is 2.35 bits per heavy atom. The molecule has 0 fully saturated rings. The molecule has 0 aromatic carbocycles. The number of hydrogen-bond acceptors (Lipinski definition) is 3. The number of aromatic amines is 2. The molecule has 2 heterocycles. The number of fused-ring (bicyclic) bond motifs is 1. The number of anilines is 1. The van der Waals surface area contributed by atoms with E-state index < -0.39 is 0 Å². The van der Waals surface area contributed by atoms with Crippen molar-refractivity contribution in [1.82, 2.24) is 20.4 Å². The quantitative estimate of drug-likeness (QED) is 0.725. The second-order valence-electron chi connectivity index (χ2n) is 4.22. The van der Waals surface area contributed by atoms with Gasteiger partial charge in [-0.15, -0.1) is 0 Å². The summed E-state index contributed by atoms with van der Waals surface area (Å²) < 4.78 is 0. The van der Waals surface area contributed by atoms with Gasteiger partial charge in [-0.05, 0) is 19.3 Å². The van der Waals surface area contributed by atoms with Gasteiger partial charge in [0, 0.05) is 17.5 Å². The summed E-state index contributed by atoms with van der Waals surface area (Å²) in [6.45, 7) is 0. The Morgan fingerprint density at radius 1 is 1.41 bits per heavy atom. The van der Waals surface area contributed by atoms with Crippen molar-refractivity contribution in [3.05, 3.63) is 29.8 Å². The average Bonchev–Trinajstić information content (AvgIpc) is 2.97. The molecule has 0 aliphatic heterocycles. The van der Waals surface area contributed by atoms with E-state index in [0.29, 0.717) is 5.69 Å². The lowest BCUT2D eigenvalue weighted by molar-refractivity contribution is -0.117. The lowest BCUT2D eigenvalue weighted by Gasteiger charge is -2.20. The topological polar surface area (TPSA) is 86.5 Å². The van der Waals surface area contributed by atoms with E-state index in [1.807, 2.05) is 0 Å². The average molecular weight is 231 g/mol. The molecule has 88 valence electrons. The Hall–Kier alpha value is -2.11. The van der Waals surface area contributed by atoms with Crippen LogP contribution in [0.15, 0.2) is 18.6 Å². The van der Waals surface area contributed by atoms with Crippen molar-refractivity contribution in [1.29, 1.82) is 0 Å². The van der Waals surface area contributed by atoms with Crippen LogP contribution in [-0.2, 0) is 11.2 Å². The molecule has 0 radical (unpaired) electrons. The van der Waals surface area contributed by atoms with Crippen molar-refractivity contribution < 1.29 is 4.79 Å². The van der Waals surface area contributed by atoms with Gasteiger partial charge in [0.25, 0.3) is 0 Å². The maximum absolute atomic E-state index is 12.1. The van der Waals surface area contributed by atoms with Gasteiger partial charge in [0.1, 0.15) is 0 Å². The van der Waals surface area contributed by atoms with Gasteiger partial charge in [-0.2, -0.15) is 10.2 Å². The molecular weight excluding hydrogens is 218 g/mol. The van der Waals surface area contributed by atoms with Crippen LogP contribution < -0.4 is 5.32 Å². The molecule has 1 aliphatic rings. The number of hydrogen-bond donors (Lipinski definition) is 3. The third kappa shape index (κ3) is 1.82. The Labute approximate surface area is 97.8 Å². The van der Waals surface area contributed by atoms with Gasteiger partial charge < -0.3 is 5.32 Å². The van der Waals surface area contributed by atoms with Crippen LogP contribution in [-0.4, -0.2) is 26.3 Å². The van der Waals surface area contributed by atoms with Crippen LogP contribution in [0.3, 0.4) is 0 Å². The lowest BCUT2D eigenvalue weighted by Crippen LogP contribution is -2.24. The summed E-state index contributed by atoms with van der Waals surface area (Å²) in [5, 5.41) is 16.3. The first-order valence-corrected chi connectivity index (χ1v) is 5.66. The van der Waals surface area contributed by atoms with Gasteiger partial charge in [-0.3, -0.25) is 15.0 Å². The third-order valence-corrected chi connectivity index (χ3v) is 3.13. The van der Waals surface area contributed by atoms with E-state index in [-0.39, 0.29) is 11.8 Å². The van der Waals surface area contributed by atoms with E-state index in [2.05, 4.69) is 25.7 Å². The highest BCUT2D eigenvalue weighted by atomic mass is 16.1. The summed E-state index contributed by atoms with van der Waals surface area (Å²) in [5.41, 5.74) is 2.81. The predicted molar refractivity (Wildman–Crippen MR) is 61.5 cm³/mol. The highest BCUT2D eigenvalue weighted by Crippen LogP contribution is 2.30. The second-order valence-corrected chi connectivity index (χ2v) is 4.22. The molecule has 3 N–H and O–H groups in total. The fraction of sp³-hybridized carbons (Fsp3) is 0.364. The van der Waals surface area contributed by atoms with E-state index in [0.717, 1.165) is 30.5 Å². The second kappa shape index (κ2) is 4.04. The summed E-state index contributed by atoms with van der Waals surface area (Å²) in [6, 6.07) is 0. The van der Waals surface area contributed by atoms with E-state index in [9.17, 15) is 4.79 Å². The predicted octanol–water partition coefficient (Wildman–Crippen LogP) is 1.19. The smallest absolute Gasteiger partial charge is 0.232 e. The highest BCUT2D eigenvalue weighted by Gasteiger charge is 2.27. The standard InChI is InChI=1S/C11H13N5O/c17-11(15-7-4-12-13-5-7)8-2-1-3-10-9(8)6-14-16-10/h4-6,8H,1-3H2,(H,12,13)(H,14,16)(H,15,17). The number of amides is 1. The van der Waals surface area contributed by atoms with Crippen molar-refractivity contribution in [3.8, 4) is 0 Å². The van der Waals surface area contributed by atoms with E-state index in [1.54, 1.807) is 18.6 Å². The van der Waals surface area contributed by atoms with Crippen molar-refractivity contribution in [2.75, 3.05) is 5.32 Å². The molecule has 0 spiro atoms. The van der Waals surface area contributed by atoms with Gasteiger partial charge in [0.15, 0.2) is 0 Å². The number of rotatable bonds is 2. The lowest BCUT2D eigenvalue weighted by atomic mass is 9.86. The van der Waals surface area contributed by atoms with Crippen LogP contribution in [0.1, 0.15) is 30.0 Å². The van der Waals surface area contributed by atoms with Crippen molar-refractivity contribution in [2.24, 2.45) is 0 Å². The number of aromatic nitrogens is 4. The van der Waals surface area contributed by atoms with Gasteiger partial charge in [0.2, 0.25) is 5.91 Å². The number of carbonyl (C=O) groups excluding carboxylic acids is 1. The Balaban J connectivity index is 1.80. The number of nitrogens with one attached hydrogen (secondary N) is 3. The zero-order chi connectivity index (χ0) is 11.7. The van der Waals surface area contributed by atoms with Crippen LogP contribution in [0.2, 0.25) is 0 Å². The maximum Gasteiger partial charge on any atom is 0.232 e. The Morgan fingerprint density at radius 3 is 3.18 bits per heavy atom. The first-order chi connectivity index (χ1) is 8.34. The number of aryl methyl sites for hydroxylation is 1.